The first-order chi connectivity index (χ1) is 18.4. The van der Waals surface area contributed by atoms with E-state index >= 15 is 0 Å². The second-order valence-electron chi connectivity index (χ2n) is 10.8. The molecule has 2 aromatic carbocycles. The Hall–Kier alpha value is -3.23. The lowest BCUT2D eigenvalue weighted by Crippen LogP contribution is -2.49. The lowest BCUT2D eigenvalue weighted by atomic mass is 9.95. The van der Waals surface area contributed by atoms with Crippen LogP contribution in [0, 0.1) is 22.2 Å². The number of rotatable bonds is 8. The number of likely N-dealkylation sites (tertiary alicyclic amines) is 1. The fraction of sp³-hybridized carbons (Fsp3) is 0.464. The largest absolute Gasteiger partial charge is 0.403 e. The molecular weight excluding hydrogens is 533 g/mol. The topological polar surface area (TPSA) is 116 Å². The average Bonchev–Trinajstić information content (AvgIpc) is 3.84. The van der Waals surface area contributed by atoms with Gasteiger partial charge in [0, 0.05) is 13.0 Å². The van der Waals surface area contributed by atoms with Gasteiger partial charge in [0.15, 0.2) is 15.6 Å². The molecule has 2 aromatic rings. The zero-order valence-electron chi connectivity index (χ0n) is 20.9. The highest BCUT2D eigenvalue weighted by molar-refractivity contribution is 7.92. The van der Waals surface area contributed by atoms with Gasteiger partial charge in [-0.3, -0.25) is 9.59 Å². The molecule has 1 aliphatic heterocycles. The molecule has 0 unspecified atom stereocenters. The van der Waals surface area contributed by atoms with E-state index in [2.05, 4.69) is 6.07 Å². The Morgan fingerprint density at radius 2 is 1.69 bits per heavy atom. The SMILES string of the molecule is N#CC1(CC(=O)[C@@H]2C[C@@H](S(=O)(=O)c3ccc(-c4ccccc4CO)cc3)CN2C(=O)C2(C(F)(F)F)CC2)CC1. The predicted molar refractivity (Wildman–Crippen MR) is 134 cm³/mol. The van der Waals surface area contributed by atoms with Crippen molar-refractivity contribution >= 4 is 21.5 Å². The minimum absolute atomic E-state index is 0.0779. The van der Waals surface area contributed by atoms with Gasteiger partial charge in [-0.15, -0.1) is 0 Å². The summed E-state index contributed by atoms with van der Waals surface area (Å²) >= 11 is 0. The number of nitrogens with zero attached hydrogens (tertiary/aromatic N) is 2. The Morgan fingerprint density at radius 1 is 1.05 bits per heavy atom. The summed E-state index contributed by atoms with van der Waals surface area (Å²) in [6, 6.07) is 13.7. The minimum atomic E-state index is -4.81. The Kier molecular flexibility index (Phi) is 6.63. The van der Waals surface area contributed by atoms with Gasteiger partial charge in [0.05, 0.1) is 34.3 Å². The number of halogens is 3. The minimum Gasteiger partial charge on any atom is -0.392 e. The number of carbonyl (C=O) groups excluding carboxylic acids is 2. The van der Waals surface area contributed by atoms with Crippen LogP contribution in [0.1, 0.15) is 44.1 Å². The van der Waals surface area contributed by atoms with Gasteiger partial charge < -0.3 is 10.0 Å². The highest BCUT2D eigenvalue weighted by Gasteiger charge is 2.70. The van der Waals surface area contributed by atoms with Gasteiger partial charge in [-0.2, -0.15) is 18.4 Å². The molecule has 11 heteroatoms. The number of alkyl halides is 3. The second-order valence-corrected chi connectivity index (χ2v) is 13.1. The van der Waals surface area contributed by atoms with E-state index in [9.17, 15) is 41.5 Å². The fourth-order valence-corrected chi connectivity index (χ4v) is 7.15. The number of carbonyl (C=O) groups is 2. The van der Waals surface area contributed by atoms with E-state index in [0.717, 1.165) is 10.5 Å². The Labute approximate surface area is 224 Å². The maximum absolute atomic E-state index is 13.8. The molecule has 2 aliphatic carbocycles. The molecule has 1 N–H and O–H groups in total. The number of nitriles is 1. The maximum Gasteiger partial charge on any atom is 0.403 e. The Bertz CT molecular complexity index is 1460. The summed E-state index contributed by atoms with van der Waals surface area (Å²) in [4.78, 5) is 27.1. The van der Waals surface area contributed by atoms with E-state index in [1.807, 2.05) is 0 Å². The predicted octanol–water partition coefficient (Wildman–Crippen LogP) is 4.19. The van der Waals surface area contributed by atoms with Crippen LogP contribution in [0.3, 0.4) is 0 Å². The zero-order chi connectivity index (χ0) is 28.2. The summed E-state index contributed by atoms with van der Waals surface area (Å²) in [6.45, 7) is -0.728. The number of hydrogen-bond acceptors (Lipinski definition) is 6. The van der Waals surface area contributed by atoms with E-state index in [1.165, 1.54) is 12.1 Å². The molecular formula is C28H27F3N2O5S. The van der Waals surface area contributed by atoms with Crippen LogP contribution >= 0.6 is 0 Å². The van der Waals surface area contributed by atoms with E-state index in [-0.39, 0.29) is 24.3 Å². The first kappa shape index (κ1) is 27.3. The number of benzene rings is 2. The number of sulfone groups is 1. The first-order valence-electron chi connectivity index (χ1n) is 12.7. The van der Waals surface area contributed by atoms with Crippen molar-refractivity contribution in [1.82, 2.24) is 4.90 Å². The number of ketones is 1. The molecule has 1 heterocycles. The fourth-order valence-electron chi connectivity index (χ4n) is 5.46. The van der Waals surface area contributed by atoms with Gasteiger partial charge in [0.1, 0.15) is 5.41 Å². The number of aliphatic hydroxyl groups excluding tert-OH is 1. The molecule has 1 saturated heterocycles. The molecule has 3 fully saturated rings. The van der Waals surface area contributed by atoms with Crippen molar-refractivity contribution in [2.24, 2.45) is 10.8 Å². The standard InChI is InChI=1S/C28H27F3N2O5S/c29-28(30,31)27(11-12-27)25(36)33-15-21(13-23(33)24(35)14-26(17-32)9-10-26)39(37,38)20-7-5-18(6-8-20)22-4-2-1-3-19(22)16-34/h1-8,21,23,34H,9-16H2/t21-,23+/m1/s1. The van der Waals surface area contributed by atoms with Crippen molar-refractivity contribution in [3.63, 3.8) is 0 Å². The summed E-state index contributed by atoms with van der Waals surface area (Å²) in [5.41, 5.74) is -1.42. The summed E-state index contributed by atoms with van der Waals surface area (Å²) < 4.78 is 68.5. The molecule has 2 atom stereocenters. The quantitative estimate of drug-likeness (QED) is 0.518. The molecule has 1 amide bonds. The van der Waals surface area contributed by atoms with Crippen molar-refractivity contribution in [1.29, 1.82) is 5.26 Å². The van der Waals surface area contributed by atoms with Crippen LogP contribution in [0.2, 0.25) is 0 Å². The second kappa shape index (κ2) is 9.45. The molecule has 3 aliphatic rings. The number of aliphatic hydroxyl groups is 1. The lowest BCUT2D eigenvalue weighted by Gasteiger charge is -2.29. The van der Waals surface area contributed by atoms with Crippen LogP contribution in [0.4, 0.5) is 13.2 Å². The van der Waals surface area contributed by atoms with E-state index in [1.54, 1.807) is 36.4 Å². The van der Waals surface area contributed by atoms with Gasteiger partial charge in [-0.1, -0.05) is 36.4 Å². The maximum atomic E-state index is 13.8. The first-order valence-corrected chi connectivity index (χ1v) is 14.3. The summed E-state index contributed by atoms with van der Waals surface area (Å²) in [7, 11) is -4.12. The van der Waals surface area contributed by atoms with Crippen LogP contribution in [0.25, 0.3) is 11.1 Å². The van der Waals surface area contributed by atoms with Crippen molar-refractivity contribution in [2.75, 3.05) is 6.54 Å². The molecule has 0 aromatic heterocycles. The monoisotopic (exact) mass is 560 g/mol. The third-order valence-corrected chi connectivity index (χ3v) is 10.5. The summed E-state index contributed by atoms with van der Waals surface area (Å²) in [5.74, 6) is -1.84. The summed E-state index contributed by atoms with van der Waals surface area (Å²) in [6.07, 6.45) is -5.18. The van der Waals surface area contributed by atoms with Crippen LogP contribution in [-0.2, 0) is 26.0 Å². The van der Waals surface area contributed by atoms with Crippen molar-refractivity contribution in [2.45, 2.75) is 67.5 Å². The highest BCUT2D eigenvalue weighted by Crippen LogP contribution is 2.59. The summed E-state index contributed by atoms with van der Waals surface area (Å²) in [5, 5.41) is 17.7. The van der Waals surface area contributed by atoms with Crippen LogP contribution in [-0.4, -0.2) is 54.1 Å². The van der Waals surface area contributed by atoms with Crippen molar-refractivity contribution in [3.05, 3.63) is 54.1 Å². The van der Waals surface area contributed by atoms with Gasteiger partial charge in [0.25, 0.3) is 0 Å². The van der Waals surface area contributed by atoms with Crippen LogP contribution in [0.5, 0.6) is 0 Å². The van der Waals surface area contributed by atoms with E-state index in [4.69, 9.17) is 0 Å². The van der Waals surface area contributed by atoms with Gasteiger partial charge >= 0.3 is 6.18 Å². The third kappa shape index (κ3) is 4.74. The van der Waals surface area contributed by atoms with Gasteiger partial charge in [0.2, 0.25) is 5.91 Å². The number of Topliss-reactive ketones (excluding diaryl/α,β-unsaturated/α-hetero) is 1. The molecule has 2 saturated carbocycles. The van der Waals surface area contributed by atoms with Crippen molar-refractivity contribution in [3.8, 4) is 17.2 Å². The van der Waals surface area contributed by atoms with Gasteiger partial charge in [-0.05, 0) is 60.9 Å². The molecule has 39 heavy (non-hydrogen) atoms. The molecule has 5 rings (SSSR count). The molecule has 206 valence electrons. The average molecular weight is 561 g/mol. The Morgan fingerprint density at radius 3 is 2.23 bits per heavy atom. The third-order valence-electron chi connectivity index (χ3n) is 8.32. The zero-order valence-corrected chi connectivity index (χ0v) is 21.8. The number of hydrogen-bond donors (Lipinski definition) is 1. The smallest absolute Gasteiger partial charge is 0.392 e. The van der Waals surface area contributed by atoms with E-state index in [0.29, 0.717) is 24.0 Å². The lowest BCUT2D eigenvalue weighted by molar-refractivity contribution is -0.199. The molecule has 7 nitrogen and oxygen atoms in total. The molecule has 0 bridgehead atoms. The van der Waals surface area contributed by atoms with Gasteiger partial charge in [-0.25, -0.2) is 8.42 Å². The highest BCUT2D eigenvalue weighted by atomic mass is 32.2. The molecule has 0 spiro atoms. The Balaban J connectivity index is 1.43. The van der Waals surface area contributed by atoms with Crippen LogP contribution < -0.4 is 0 Å². The number of amides is 1. The van der Waals surface area contributed by atoms with E-state index < -0.39 is 69.2 Å². The molecule has 0 radical (unpaired) electrons. The van der Waals surface area contributed by atoms with Crippen molar-refractivity contribution < 1.29 is 36.3 Å². The van der Waals surface area contributed by atoms with Crippen LogP contribution in [0.15, 0.2) is 53.4 Å². The normalized spacial score (nSPS) is 23.2.